The van der Waals surface area contributed by atoms with Crippen molar-refractivity contribution in [3.8, 4) is 0 Å². The lowest BCUT2D eigenvalue weighted by molar-refractivity contribution is -0.117. The van der Waals surface area contributed by atoms with Crippen LogP contribution in [-0.4, -0.2) is 16.8 Å². The monoisotopic (exact) mass is 407 g/mol. The van der Waals surface area contributed by atoms with Gasteiger partial charge in [-0.25, -0.2) is 4.39 Å². The SMILES string of the molecule is Cc1ccc(N2C(=O)C(O)=C(C(=O)c3cccs3)C2c2ccc(F)cc2)cc1C. The first-order valence-corrected chi connectivity index (χ1v) is 9.94. The van der Waals surface area contributed by atoms with Crippen molar-refractivity contribution in [3.63, 3.8) is 0 Å². The van der Waals surface area contributed by atoms with Gasteiger partial charge in [-0.05, 0) is 66.2 Å². The van der Waals surface area contributed by atoms with Crippen LogP contribution in [0.25, 0.3) is 0 Å². The quantitative estimate of drug-likeness (QED) is 0.598. The lowest BCUT2D eigenvalue weighted by atomic mass is 9.95. The van der Waals surface area contributed by atoms with Gasteiger partial charge in [0.05, 0.1) is 16.5 Å². The van der Waals surface area contributed by atoms with Gasteiger partial charge in [-0.15, -0.1) is 11.3 Å². The van der Waals surface area contributed by atoms with E-state index in [2.05, 4.69) is 0 Å². The molecule has 1 aromatic heterocycles. The van der Waals surface area contributed by atoms with E-state index < -0.39 is 29.3 Å². The molecule has 0 bridgehead atoms. The van der Waals surface area contributed by atoms with Crippen LogP contribution in [0, 0.1) is 19.7 Å². The molecule has 1 amide bonds. The predicted molar refractivity (Wildman–Crippen MR) is 111 cm³/mol. The number of hydrogen-bond acceptors (Lipinski definition) is 4. The molecular weight excluding hydrogens is 389 g/mol. The Bertz CT molecular complexity index is 1130. The average Bonchev–Trinajstić information content (AvgIpc) is 3.32. The molecule has 3 aromatic rings. The highest BCUT2D eigenvalue weighted by Crippen LogP contribution is 2.42. The Morgan fingerprint density at radius 3 is 2.41 bits per heavy atom. The second kappa shape index (κ2) is 7.29. The van der Waals surface area contributed by atoms with Crippen molar-refractivity contribution in [1.29, 1.82) is 0 Å². The number of carbonyl (C=O) groups excluding carboxylic acids is 2. The first kappa shape index (κ1) is 19.1. The molecule has 2 heterocycles. The number of aliphatic hydroxyl groups is 1. The Kier molecular flexibility index (Phi) is 4.80. The van der Waals surface area contributed by atoms with E-state index in [1.165, 1.54) is 40.5 Å². The largest absolute Gasteiger partial charge is 0.503 e. The standard InChI is InChI=1S/C23H18FNO3S/c1-13-5-10-17(12-14(13)2)25-20(15-6-8-16(24)9-7-15)19(22(27)23(25)28)21(26)18-4-3-11-29-18/h3-12,20,27H,1-2H3. The van der Waals surface area contributed by atoms with Gasteiger partial charge < -0.3 is 5.11 Å². The zero-order chi connectivity index (χ0) is 20.7. The van der Waals surface area contributed by atoms with Gasteiger partial charge >= 0.3 is 0 Å². The Labute approximate surface area is 171 Å². The third-order valence-electron chi connectivity index (χ3n) is 5.15. The molecule has 1 unspecified atom stereocenters. The molecule has 29 heavy (non-hydrogen) atoms. The van der Waals surface area contributed by atoms with Gasteiger partial charge in [0.2, 0.25) is 5.78 Å². The van der Waals surface area contributed by atoms with Crippen molar-refractivity contribution >= 4 is 28.7 Å². The van der Waals surface area contributed by atoms with E-state index in [4.69, 9.17) is 0 Å². The number of halogens is 1. The lowest BCUT2D eigenvalue weighted by Gasteiger charge is -2.27. The number of anilines is 1. The highest BCUT2D eigenvalue weighted by Gasteiger charge is 2.44. The number of Topliss-reactive ketones (excluding diaryl/α,β-unsaturated/α-hetero) is 1. The van der Waals surface area contributed by atoms with E-state index in [1.807, 2.05) is 26.0 Å². The van der Waals surface area contributed by atoms with E-state index in [1.54, 1.807) is 23.6 Å². The molecule has 6 heteroatoms. The number of amides is 1. The molecule has 0 saturated heterocycles. The molecule has 1 aliphatic heterocycles. The Hall–Kier alpha value is -3.25. The summed E-state index contributed by atoms with van der Waals surface area (Å²) in [5, 5.41) is 12.4. The third kappa shape index (κ3) is 3.25. The van der Waals surface area contributed by atoms with Crippen molar-refractivity contribution in [3.05, 3.63) is 98.7 Å². The van der Waals surface area contributed by atoms with Gasteiger partial charge in [0.1, 0.15) is 5.82 Å². The second-order valence-electron chi connectivity index (χ2n) is 6.97. The summed E-state index contributed by atoms with van der Waals surface area (Å²) in [5.74, 6) is -2.06. The first-order valence-electron chi connectivity index (χ1n) is 9.06. The predicted octanol–water partition coefficient (Wildman–Crippen LogP) is 5.29. The minimum absolute atomic E-state index is 0.00212. The number of rotatable bonds is 4. The maximum atomic E-state index is 13.5. The number of thiophene rings is 1. The molecule has 0 saturated carbocycles. The Morgan fingerprint density at radius 1 is 1.07 bits per heavy atom. The van der Waals surface area contributed by atoms with Crippen molar-refractivity contribution in [2.75, 3.05) is 4.90 Å². The summed E-state index contributed by atoms with van der Waals surface area (Å²) in [6, 6.07) is 13.7. The van der Waals surface area contributed by atoms with Crippen LogP contribution in [0.1, 0.15) is 32.4 Å². The van der Waals surface area contributed by atoms with Crippen LogP contribution in [0.5, 0.6) is 0 Å². The summed E-state index contributed by atoms with van der Waals surface area (Å²) in [6.07, 6.45) is 0. The zero-order valence-corrected chi connectivity index (χ0v) is 16.7. The topological polar surface area (TPSA) is 57.6 Å². The molecular formula is C23H18FNO3S. The van der Waals surface area contributed by atoms with Crippen molar-refractivity contribution in [1.82, 2.24) is 0 Å². The lowest BCUT2D eigenvalue weighted by Crippen LogP contribution is -2.31. The number of hydrogen-bond donors (Lipinski definition) is 1. The number of aliphatic hydroxyl groups excluding tert-OH is 1. The summed E-state index contributed by atoms with van der Waals surface area (Å²) in [7, 11) is 0. The molecule has 1 atom stereocenters. The number of benzene rings is 2. The van der Waals surface area contributed by atoms with Crippen molar-refractivity contribution < 1.29 is 19.1 Å². The number of carbonyl (C=O) groups is 2. The number of aryl methyl sites for hydroxylation is 2. The van der Waals surface area contributed by atoms with Crippen LogP contribution in [-0.2, 0) is 4.79 Å². The molecule has 0 fully saturated rings. The highest BCUT2D eigenvalue weighted by molar-refractivity contribution is 7.12. The van der Waals surface area contributed by atoms with E-state index in [0.717, 1.165) is 11.1 Å². The molecule has 4 rings (SSSR count). The summed E-state index contributed by atoms with van der Waals surface area (Å²) in [6.45, 7) is 3.89. The minimum Gasteiger partial charge on any atom is -0.503 e. The fraction of sp³-hybridized carbons (Fsp3) is 0.130. The summed E-state index contributed by atoms with van der Waals surface area (Å²) in [5.41, 5.74) is 3.15. The Morgan fingerprint density at radius 2 is 1.79 bits per heavy atom. The number of nitrogens with zero attached hydrogens (tertiary/aromatic N) is 1. The van der Waals surface area contributed by atoms with Gasteiger partial charge in [-0.3, -0.25) is 14.5 Å². The van der Waals surface area contributed by atoms with Gasteiger partial charge in [-0.2, -0.15) is 0 Å². The van der Waals surface area contributed by atoms with E-state index in [0.29, 0.717) is 16.1 Å². The molecule has 146 valence electrons. The van der Waals surface area contributed by atoms with Gasteiger partial charge in [0.15, 0.2) is 5.76 Å². The minimum atomic E-state index is -0.847. The average molecular weight is 407 g/mol. The molecule has 0 spiro atoms. The van der Waals surface area contributed by atoms with Crippen LogP contribution >= 0.6 is 11.3 Å². The second-order valence-corrected chi connectivity index (χ2v) is 7.91. The summed E-state index contributed by atoms with van der Waals surface area (Å²) < 4.78 is 13.5. The van der Waals surface area contributed by atoms with E-state index >= 15 is 0 Å². The maximum Gasteiger partial charge on any atom is 0.294 e. The molecule has 2 aromatic carbocycles. The normalized spacial score (nSPS) is 16.6. The van der Waals surface area contributed by atoms with Crippen LogP contribution < -0.4 is 4.90 Å². The maximum absolute atomic E-state index is 13.5. The molecule has 4 nitrogen and oxygen atoms in total. The van der Waals surface area contributed by atoms with Gasteiger partial charge in [-0.1, -0.05) is 24.3 Å². The zero-order valence-electron chi connectivity index (χ0n) is 15.8. The molecule has 0 radical (unpaired) electrons. The third-order valence-corrected chi connectivity index (χ3v) is 6.02. The smallest absolute Gasteiger partial charge is 0.294 e. The molecule has 1 aliphatic rings. The van der Waals surface area contributed by atoms with Crippen molar-refractivity contribution in [2.24, 2.45) is 0 Å². The van der Waals surface area contributed by atoms with Crippen LogP contribution in [0.15, 0.2) is 71.3 Å². The van der Waals surface area contributed by atoms with Crippen LogP contribution in [0.2, 0.25) is 0 Å². The summed E-state index contributed by atoms with van der Waals surface area (Å²) in [4.78, 5) is 28.0. The van der Waals surface area contributed by atoms with Crippen molar-refractivity contribution in [2.45, 2.75) is 19.9 Å². The van der Waals surface area contributed by atoms with Gasteiger partial charge in [0, 0.05) is 5.69 Å². The summed E-state index contributed by atoms with van der Waals surface area (Å²) >= 11 is 1.24. The Balaban J connectivity index is 1.89. The van der Waals surface area contributed by atoms with Gasteiger partial charge in [0.25, 0.3) is 5.91 Å². The highest BCUT2D eigenvalue weighted by atomic mass is 32.1. The fourth-order valence-corrected chi connectivity index (χ4v) is 4.16. The van der Waals surface area contributed by atoms with Crippen LogP contribution in [0.4, 0.5) is 10.1 Å². The first-order chi connectivity index (χ1) is 13.9. The van der Waals surface area contributed by atoms with Crippen LogP contribution in [0.3, 0.4) is 0 Å². The van der Waals surface area contributed by atoms with E-state index in [-0.39, 0.29) is 5.57 Å². The van der Waals surface area contributed by atoms with E-state index in [9.17, 15) is 19.1 Å². The molecule has 1 N–H and O–H groups in total. The fourth-order valence-electron chi connectivity index (χ4n) is 3.48. The number of ketones is 1. The molecule has 0 aliphatic carbocycles.